The summed E-state index contributed by atoms with van der Waals surface area (Å²) in [7, 11) is 0. The summed E-state index contributed by atoms with van der Waals surface area (Å²) in [4.78, 5) is 15.0. The van der Waals surface area contributed by atoms with Gasteiger partial charge in [0.05, 0.1) is 11.4 Å². The van der Waals surface area contributed by atoms with Crippen LogP contribution < -0.4 is 0 Å². The van der Waals surface area contributed by atoms with Crippen molar-refractivity contribution >= 4 is 43.1 Å². The molecule has 2 heterocycles. The fourth-order valence-electron chi connectivity index (χ4n) is 7.68. The van der Waals surface area contributed by atoms with Gasteiger partial charge in [-0.15, -0.1) is 0 Å². The summed E-state index contributed by atoms with van der Waals surface area (Å²) >= 11 is 0. The van der Waals surface area contributed by atoms with Crippen molar-refractivity contribution < 1.29 is 0 Å². The summed E-state index contributed by atoms with van der Waals surface area (Å²) in [5, 5.41) is 9.87. The first-order valence-corrected chi connectivity index (χ1v) is 17.6. The van der Waals surface area contributed by atoms with E-state index >= 15 is 0 Å². The maximum absolute atomic E-state index is 5.37. The number of rotatable bonds is 5. The third kappa shape index (κ3) is 5.10. The standard InChI is InChI=1S/C49H31N3/c1-2-12-32(13-3-1)33-23-25-34(26-24-33)46-30-47(52-49(51-46)36-15-10-14-35(28-36)37-16-11-27-50-31-37)44-29-45-40-19-5-4-17-38(40)39-18-6-8-21-42(39)48(45)43-22-9-7-20-41(43)44/h1-31H. The Balaban J connectivity index is 1.24. The SMILES string of the molecule is c1ccc(-c2ccc(-c3cc(-c4cc5c6ccccc6c6ccccc6c5c5ccccc45)nc(-c4cccc(-c5cccnc5)c4)n3)cc2)cc1. The average molecular weight is 662 g/mol. The Morgan fingerprint density at radius 2 is 0.846 bits per heavy atom. The monoisotopic (exact) mass is 661 g/mol. The molecule has 3 heteroatoms. The fraction of sp³-hybridized carbons (Fsp3) is 0. The number of benzene rings is 8. The minimum absolute atomic E-state index is 0.679. The Bertz CT molecular complexity index is 2930. The molecule has 242 valence electrons. The quantitative estimate of drug-likeness (QED) is 0.172. The number of nitrogens with zero attached hydrogens (tertiary/aromatic N) is 3. The Morgan fingerprint density at radius 3 is 1.58 bits per heavy atom. The van der Waals surface area contributed by atoms with Crippen LogP contribution in [0, 0.1) is 0 Å². The molecule has 0 aliphatic carbocycles. The van der Waals surface area contributed by atoms with Gasteiger partial charge < -0.3 is 0 Å². The van der Waals surface area contributed by atoms with Crippen LogP contribution in [0.5, 0.6) is 0 Å². The molecule has 10 rings (SSSR count). The number of pyridine rings is 1. The van der Waals surface area contributed by atoms with Crippen LogP contribution in [0.2, 0.25) is 0 Å². The van der Waals surface area contributed by atoms with Gasteiger partial charge in [0.2, 0.25) is 0 Å². The van der Waals surface area contributed by atoms with E-state index in [4.69, 9.17) is 9.97 Å². The van der Waals surface area contributed by atoms with Gasteiger partial charge in [-0.25, -0.2) is 9.97 Å². The van der Waals surface area contributed by atoms with Gasteiger partial charge in [0.25, 0.3) is 0 Å². The lowest BCUT2D eigenvalue weighted by Gasteiger charge is -2.17. The number of aromatic nitrogens is 3. The van der Waals surface area contributed by atoms with Crippen LogP contribution in [0.4, 0.5) is 0 Å². The van der Waals surface area contributed by atoms with Crippen LogP contribution in [0.25, 0.3) is 99.2 Å². The Labute approximate surface area is 301 Å². The van der Waals surface area contributed by atoms with Crippen LogP contribution in [0.15, 0.2) is 188 Å². The Kier molecular flexibility index (Phi) is 7.14. The second-order valence-electron chi connectivity index (χ2n) is 13.2. The molecule has 0 amide bonds. The van der Waals surface area contributed by atoms with Crippen molar-refractivity contribution in [2.24, 2.45) is 0 Å². The van der Waals surface area contributed by atoms with Gasteiger partial charge >= 0.3 is 0 Å². The molecule has 10 aromatic rings. The Morgan fingerprint density at radius 1 is 0.308 bits per heavy atom. The van der Waals surface area contributed by atoms with Gasteiger partial charge in [-0.1, -0.05) is 152 Å². The molecule has 0 atom stereocenters. The summed E-state index contributed by atoms with van der Waals surface area (Å²) in [6, 6.07) is 62.5. The van der Waals surface area contributed by atoms with E-state index < -0.39 is 0 Å². The molecule has 0 aliphatic rings. The molecule has 0 radical (unpaired) electrons. The van der Waals surface area contributed by atoms with Crippen molar-refractivity contribution in [3.63, 3.8) is 0 Å². The van der Waals surface area contributed by atoms with Crippen LogP contribution in [0.3, 0.4) is 0 Å². The maximum atomic E-state index is 5.37. The summed E-state index contributed by atoms with van der Waals surface area (Å²) in [5.74, 6) is 0.679. The van der Waals surface area contributed by atoms with Crippen LogP contribution >= 0.6 is 0 Å². The Hall–Kier alpha value is -6.97. The van der Waals surface area contributed by atoms with Crippen LogP contribution in [-0.4, -0.2) is 15.0 Å². The summed E-state index contributed by atoms with van der Waals surface area (Å²) < 4.78 is 0. The van der Waals surface area contributed by atoms with Crippen molar-refractivity contribution in [2.75, 3.05) is 0 Å². The van der Waals surface area contributed by atoms with Crippen molar-refractivity contribution in [3.05, 3.63) is 188 Å². The molecule has 0 fully saturated rings. The molecule has 0 unspecified atom stereocenters. The average Bonchev–Trinajstić information content (AvgIpc) is 3.24. The molecular formula is C49H31N3. The van der Waals surface area contributed by atoms with E-state index in [2.05, 4.69) is 169 Å². The van der Waals surface area contributed by atoms with Gasteiger partial charge in [-0.2, -0.15) is 0 Å². The van der Waals surface area contributed by atoms with E-state index in [-0.39, 0.29) is 0 Å². The van der Waals surface area contributed by atoms with Crippen molar-refractivity contribution in [1.29, 1.82) is 0 Å². The second kappa shape index (κ2) is 12.4. The lowest BCUT2D eigenvalue weighted by Crippen LogP contribution is -1.97. The number of hydrogen-bond acceptors (Lipinski definition) is 3. The molecular weight excluding hydrogens is 631 g/mol. The number of fused-ring (bicyclic) bond motifs is 8. The summed E-state index contributed by atoms with van der Waals surface area (Å²) in [6.45, 7) is 0. The zero-order valence-electron chi connectivity index (χ0n) is 28.2. The van der Waals surface area contributed by atoms with E-state index in [0.29, 0.717) is 5.82 Å². The highest BCUT2D eigenvalue weighted by Gasteiger charge is 2.18. The zero-order chi connectivity index (χ0) is 34.4. The first kappa shape index (κ1) is 29.9. The summed E-state index contributed by atoms with van der Waals surface area (Å²) in [6.07, 6.45) is 3.69. The molecule has 2 aromatic heterocycles. The van der Waals surface area contributed by atoms with Gasteiger partial charge in [0.1, 0.15) is 0 Å². The van der Waals surface area contributed by atoms with Crippen LogP contribution in [0.1, 0.15) is 0 Å². The zero-order valence-corrected chi connectivity index (χ0v) is 28.2. The fourth-order valence-corrected chi connectivity index (χ4v) is 7.68. The third-order valence-electron chi connectivity index (χ3n) is 10.2. The van der Waals surface area contributed by atoms with E-state index in [0.717, 1.165) is 44.6 Å². The highest BCUT2D eigenvalue weighted by Crippen LogP contribution is 2.43. The molecule has 0 saturated heterocycles. The highest BCUT2D eigenvalue weighted by atomic mass is 14.9. The molecule has 0 N–H and O–H groups in total. The highest BCUT2D eigenvalue weighted by molar-refractivity contribution is 6.33. The maximum Gasteiger partial charge on any atom is 0.160 e. The molecule has 52 heavy (non-hydrogen) atoms. The van der Waals surface area contributed by atoms with E-state index in [1.54, 1.807) is 6.20 Å². The molecule has 0 bridgehead atoms. The van der Waals surface area contributed by atoms with E-state index in [1.165, 1.54) is 48.8 Å². The first-order chi connectivity index (χ1) is 25.8. The minimum Gasteiger partial charge on any atom is -0.264 e. The van der Waals surface area contributed by atoms with Gasteiger partial charge in [0, 0.05) is 34.6 Å². The van der Waals surface area contributed by atoms with Gasteiger partial charge in [-0.05, 0) is 84.0 Å². The predicted molar refractivity (Wildman–Crippen MR) is 217 cm³/mol. The topological polar surface area (TPSA) is 38.7 Å². The third-order valence-corrected chi connectivity index (χ3v) is 10.2. The van der Waals surface area contributed by atoms with Crippen molar-refractivity contribution in [1.82, 2.24) is 15.0 Å². The van der Waals surface area contributed by atoms with E-state index in [1.807, 2.05) is 18.3 Å². The minimum atomic E-state index is 0.679. The van der Waals surface area contributed by atoms with E-state index in [9.17, 15) is 0 Å². The normalized spacial score (nSPS) is 11.5. The first-order valence-electron chi connectivity index (χ1n) is 17.6. The lowest BCUT2D eigenvalue weighted by atomic mass is 9.88. The molecule has 8 aromatic carbocycles. The number of hydrogen-bond donors (Lipinski definition) is 0. The van der Waals surface area contributed by atoms with Crippen molar-refractivity contribution in [2.45, 2.75) is 0 Å². The predicted octanol–water partition coefficient (Wildman–Crippen LogP) is 12.8. The second-order valence-corrected chi connectivity index (χ2v) is 13.2. The molecule has 0 saturated carbocycles. The molecule has 3 nitrogen and oxygen atoms in total. The van der Waals surface area contributed by atoms with Crippen LogP contribution in [-0.2, 0) is 0 Å². The van der Waals surface area contributed by atoms with Gasteiger partial charge in [-0.3, -0.25) is 4.98 Å². The summed E-state index contributed by atoms with van der Waals surface area (Å²) in [5.41, 5.74) is 9.31. The smallest absolute Gasteiger partial charge is 0.160 e. The molecule has 0 aliphatic heterocycles. The van der Waals surface area contributed by atoms with Crippen molar-refractivity contribution in [3.8, 4) is 56.2 Å². The lowest BCUT2D eigenvalue weighted by molar-refractivity contribution is 1.19. The largest absolute Gasteiger partial charge is 0.264 e. The molecule has 0 spiro atoms. The van der Waals surface area contributed by atoms with Gasteiger partial charge in [0.15, 0.2) is 5.82 Å².